The molecule has 2 aliphatic rings. The highest BCUT2D eigenvalue weighted by atomic mass is 32.2. The minimum absolute atomic E-state index is 0.000994. The number of esters is 1. The fourth-order valence-corrected chi connectivity index (χ4v) is 6.83. The molecule has 146 valence electrons. The second-order valence-electron chi connectivity index (χ2n) is 7.35. The van der Waals surface area contributed by atoms with Crippen molar-refractivity contribution in [2.75, 3.05) is 23.4 Å². The SMILES string of the molecule is C[C@H]1CCc2c(sc(NC(=O)COC(=O)C[C@@H]3CCS(=O)(=O)C3)c2C#N)C1. The highest BCUT2D eigenvalue weighted by Gasteiger charge is 2.30. The first kappa shape index (κ1) is 19.8. The van der Waals surface area contributed by atoms with E-state index in [4.69, 9.17) is 4.74 Å². The van der Waals surface area contributed by atoms with Crippen LogP contribution in [-0.4, -0.2) is 38.4 Å². The molecular weight excluding hydrogens is 388 g/mol. The molecule has 1 N–H and O–H groups in total. The van der Waals surface area contributed by atoms with Crippen LogP contribution in [0.15, 0.2) is 0 Å². The lowest BCUT2D eigenvalue weighted by Crippen LogP contribution is -2.22. The maximum Gasteiger partial charge on any atom is 0.306 e. The van der Waals surface area contributed by atoms with Crippen LogP contribution in [0.1, 0.15) is 42.2 Å². The van der Waals surface area contributed by atoms with Crippen LogP contribution in [0.5, 0.6) is 0 Å². The summed E-state index contributed by atoms with van der Waals surface area (Å²) in [6.07, 6.45) is 3.23. The monoisotopic (exact) mass is 410 g/mol. The van der Waals surface area contributed by atoms with Crippen molar-refractivity contribution in [2.24, 2.45) is 11.8 Å². The predicted molar refractivity (Wildman–Crippen MR) is 101 cm³/mol. The van der Waals surface area contributed by atoms with Crippen LogP contribution in [0, 0.1) is 23.2 Å². The fraction of sp³-hybridized carbons (Fsp3) is 0.611. The van der Waals surface area contributed by atoms with Crippen molar-refractivity contribution in [2.45, 2.75) is 39.0 Å². The van der Waals surface area contributed by atoms with Gasteiger partial charge in [-0.1, -0.05) is 6.92 Å². The Hall–Kier alpha value is -1.92. The lowest BCUT2D eigenvalue weighted by atomic mass is 9.89. The van der Waals surface area contributed by atoms with Gasteiger partial charge in [0.05, 0.1) is 17.1 Å². The van der Waals surface area contributed by atoms with E-state index < -0.39 is 28.3 Å². The minimum Gasteiger partial charge on any atom is -0.456 e. The summed E-state index contributed by atoms with van der Waals surface area (Å²) in [4.78, 5) is 25.1. The number of nitriles is 1. The molecule has 7 nitrogen and oxygen atoms in total. The summed E-state index contributed by atoms with van der Waals surface area (Å²) in [6.45, 7) is 1.73. The van der Waals surface area contributed by atoms with E-state index in [1.54, 1.807) is 0 Å². The third-order valence-corrected chi connectivity index (χ3v) is 8.03. The Bertz CT molecular complexity index is 898. The van der Waals surface area contributed by atoms with Gasteiger partial charge < -0.3 is 10.1 Å². The molecule has 2 atom stereocenters. The van der Waals surface area contributed by atoms with E-state index in [2.05, 4.69) is 18.3 Å². The summed E-state index contributed by atoms with van der Waals surface area (Å²) >= 11 is 1.42. The van der Waals surface area contributed by atoms with Gasteiger partial charge in [-0.15, -0.1) is 11.3 Å². The second kappa shape index (κ2) is 7.98. The summed E-state index contributed by atoms with van der Waals surface area (Å²) in [5.41, 5.74) is 1.54. The Morgan fingerprint density at radius 2 is 2.15 bits per heavy atom. The number of thiophene rings is 1. The van der Waals surface area contributed by atoms with Gasteiger partial charge in [-0.25, -0.2) is 8.42 Å². The molecule has 0 aromatic carbocycles. The van der Waals surface area contributed by atoms with Crippen molar-refractivity contribution < 1.29 is 22.7 Å². The molecule has 2 heterocycles. The number of sulfone groups is 1. The van der Waals surface area contributed by atoms with Gasteiger partial charge in [-0.05, 0) is 43.1 Å². The molecule has 1 aromatic heterocycles. The maximum absolute atomic E-state index is 12.1. The first-order valence-corrected chi connectivity index (χ1v) is 11.6. The summed E-state index contributed by atoms with van der Waals surface area (Å²) in [5, 5.41) is 12.6. The largest absolute Gasteiger partial charge is 0.456 e. The molecule has 0 unspecified atom stereocenters. The number of ether oxygens (including phenoxy) is 1. The van der Waals surface area contributed by atoms with Crippen molar-refractivity contribution in [3.05, 3.63) is 16.0 Å². The van der Waals surface area contributed by atoms with E-state index >= 15 is 0 Å². The molecule has 9 heteroatoms. The van der Waals surface area contributed by atoms with E-state index in [0.717, 1.165) is 29.7 Å². The van der Waals surface area contributed by atoms with Crippen molar-refractivity contribution in [3.63, 3.8) is 0 Å². The number of hydrogen-bond acceptors (Lipinski definition) is 7. The highest BCUT2D eigenvalue weighted by Crippen LogP contribution is 2.39. The van der Waals surface area contributed by atoms with E-state index in [9.17, 15) is 23.3 Å². The standard InChI is InChI=1S/C18H22N2O5S2/c1-11-2-3-13-14(8-19)18(26-15(13)6-11)20-16(21)9-25-17(22)7-12-4-5-27(23,24)10-12/h11-12H,2-7,9-10H2,1H3,(H,20,21)/t11-,12-/m0/s1. The third-order valence-electron chi connectivity index (χ3n) is 5.02. The summed E-state index contributed by atoms with van der Waals surface area (Å²) in [5.74, 6) is -0.644. The van der Waals surface area contributed by atoms with E-state index in [1.165, 1.54) is 11.3 Å². The minimum atomic E-state index is -3.04. The van der Waals surface area contributed by atoms with Gasteiger partial charge in [0, 0.05) is 11.3 Å². The van der Waals surface area contributed by atoms with E-state index in [-0.39, 0.29) is 23.8 Å². The molecule has 0 spiro atoms. The molecule has 0 bridgehead atoms. The van der Waals surface area contributed by atoms with Crippen molar-refractivity contribution in [3.8, 4) is 6.07 Å². The van der Waals surface area contributed by atoms with Gasteiger partial charge >= 0.3 is 5.97 Å². The lowest BCUT2D eigenvalue weighted by molar-refractivity contribution is -0.148. The van der Waals surface area contributed by atoms with Gasteiger partial charge in [-0.3, -0.25) is 9.59 Å². The van der Waals surface area contributed by atoms with Crippen LogP contribution in [0.2, 0.25) is 0 Å². The zero-order chi connectivity index (χ0) is 19.6. The molecule has 1 fully saturated rings. The summed E-state index contributed by atoms with van der Waals surface area (Å²) < 4.78 is 27.8. The Balaban J connectivity index is 1.53. The summed E-state index contributed by atoms with van der Waals surface area (Å²) in [6, 6.07) is 2.18. The normalized spacial score (nSPS) is 23.3. The molecular formula is C18H22N2O5S2. The number of fused-ring (bicyclic) bond motifs is 1. The lowest BCUT2D eigenvalue weighted by Gasteiger charge is -2.17. The number of carbonyl (C=O) groups excluding carboxylic acids is 2. The Labute approximate surface area is 162 Å². The third kappa shape index (κ3) is 4.87. The molecule has 1 aliphatic carbocycles. The number of rotatable bonds is 5. The number of carbonyl (C=O) groups is 2. The number of anilines is 1. The van der Waals surface area contributed by atoms with Gasteiger partial charge in [0.25, 0.3) is 5.91 Å². The molecule has 27 heavy (non-hydrogen) atoms. The van der Waals surface area contributed by atoms with E-state index in [1.807, 2.05) is 0 Å². The van der Waals surface area contributed by atoms with Crippen LogP contribution in [0.4, 0.5) is 5.00 Å². The van der Waals surface area contributed by atoms with Gasteiger partial charge in [0.2, 0.25) is 0 Å². The van der Waals surface area contributed by atoms with E-state index in [0.29, 0.717) is 22.9 Å². The number of hydrogen-bond donors (Lipinski definition) is 1. The molecule has 0 radical (unpaired) electrons. The van der Waals surface area contributed by atoms with Crippen LogP contribution in [-0.2, 0) is 37.0 Å². The van der Waals surface area contributed by atoms with Crippen molar-refractivity contribution >= 4 is 38.1 Å². The first-order valence-electron chi connectivity index (χ1n) is 8.98. The summed E-state index contributed by atoms with van der Waals surface area (Å²) in [7, 11) is -3.04. The Morgan fingerprint density at radius 1 is 1.37 bits per heavy atom. The zero-order valence-electron chi connectivity index (χ0n) is 15.1. The maximum atomic E-state index is 12.1. The quantitative estimate of drug-likeness (QED) is 0.743. The van der Waals surface area contributed by atoms with Crippen LogP contribution in [0.3, 0.4) is 0 Å². The number of nitrogens with zero attached hydrogens (tertiary/aromatic N) is 1. The van der Waals surface area contributed by atoms with Crippen LogP contribution in [0.25, 0.3) is 0 Å². The Morgan fingerprint density at radius 3 is 2.81 bits per heavy atom. The molecule has 0 saturated carbocycles. The van der Waals surface area contributed by atoms with Crippen molar-refractivity contribution in [1.82, 2.24) is 0 Å². The van der Waals surface area contributed by atoms with Gasteiger partial charge in [0.1, 0.15) is 11.1 Å². The topological polar surface area (TPSA) is 113 Å². The Kier molecular flexibility index (Phi) is 5.86. The second-order valence-corrected chi connectivity index (χ2v) is 10.7. The number of amides is 1. The smallest absolute Gasteiger partial charge is 0.306 e. The molecule has 1 amide bonds. The molecule has 1 aliphatic heterocycles. The highest BCUT2D eigenvalue weighted by molar-refractivity contribution is 7.91. The first-order chi connectivity index (χ1) is 12.8. The van der Waals surface area contributed by atoms with Gasteiger partial charge in [-0.2, -0.15) is 5.26 Å². The zero-order valence-corrected chi connectivity index (χ0v) is 16.7. The van der Waals surface area contributed by atoms with Crippen LogP contribution < -0.4 is 5.32 Å². The molecule has 1 saturated heterocycles. The number of nitrogens with one attached hydrogen (secondary N) is 1. The van der Waals surface area contributed by atoms with Crippen molar-refractivity contribution in [1.29, 1.82) is 5.26 Å². The molecule has 3 rings (SSSR count). The predicted octanol–water partition coefficient (Wildman–Crippen LogP) is 2.05. The molecule has 1 aromatic rings. The van der Waals surface area contributed by atoms with Crippen LogP contribution >= 0.6 is 11.3 Å². The van der Waals surface area contributed by atoms with Gasteiger partial charge in [0.15, 0.2) is 16.4 Å². The fourth-order valence-electron chi connectivity index (χ4n) is 3.59. The average molecular weight is 411 g/mol. The average Bonchev–Trinajstić information content (AvgIpc) is 3.11.